The second kappa shape index (κ2) is 8.49. The Morgan fingerprint density at radius 1 is 1.25 bits per heavy atom. The highest BCUT2D eigenvalue weighted by Crippen LogP contribution is 2.33. The number of fused-ring (bicyclic) bond motifs is 1. The first-order chi connectivity index (χ1) is 13.6. The first kappa shape index (κ1) is 19.8. The lowest BCUT2D eigenvalue weighted by Crippen LogP contribution is -2.32. The number of halogens is 1. The van der Waals surface area contributed by atoms with Gasteiger partial charge in [0.05, 0.1) is 12.4 Å². The minimum absolute atomic E-state index is 0.438. The highest BCUT2D eigenvalue weighted by molar-refractivity contribution is 14.1. The van der Waals surface area contributed by atoms with Crippen molar-refractivity contribution in [1.29, 1.82) is 0 Å². The van der Waals surface area contributed by atoms with Crippen LogP contribution in [0.5, 0.6) is 0 Å². The van der Waals surface area contributed by atoms with Gasteiger partial charge in [0, 0.05) is 15.9 Å². The SMILES string of the molecule is CSC[C@H]1O[C@@H](n2cnc3c(NCc4cccc(I)c4)ncnc32)[C@H](O)[C@@H]1O. The molecule has 3 aromatic rings. The number of aromatic nitrogens is 4. The maximum atomic E-state index is 10.4. The second-order valence-electron chi connectivity index (χ2n) is 6.53. The van der Waals surface area contributed by atoms with Crippen LogP contribution in [-0.4, -0.2) is 60.1 Å². The Morgan fingerprint density at radius 3 is 2.89 bits per heavy atom. The number of thioether (sulfide) groups is 1. The van der Waals surface area contributed by atoms with Crippen LogP contribution in [0.2, 0.25) is 0 Å². The first-order valence-corrected chi connectivity index (χ1v) is 11.2. The van der Waals surface area contributed by atoms with Gasteiger partial charge in [-0.25, -0.2) is 15.0 Å². The zero-order valence-electron chi connectivity index (χ0n) is 15.1. The smallest absolute Gasteiger partial charge is 0.167 e. The number of aliphatic hydroxyl groups excluding tert-OH is 2. The number of nitrogens with zero attached hydrogens (tertiary/aromatic N) is 4. The molecule has 10 heteroatoms. The van der Waals surface area contributed by atoms with Gasteiger partial charge in [0.25, 0.3) is 0 Å². The summed E-state index contributed by atoms with van der Waals surface area (Å²) >= 11 is 3.84. The number of rotatable bonds is 6. The van der Waals surface area contributed by atoms with Gasteiger partial charge in [-0.15, -0.1) is 0 Å². The molecular formula is C18H20IN5O3S. The van der Waals surface area contributed by atoms with Crippen LogP contribution in [-0.2, 0) is 11.3 Å². The largest absolute Gasteiger partial charge is 0.387 e. The normalized spacial score (nSPS) is 24.7. The van der Waals surface area contributed by atoms with Crippen LogP contribution in [0.25, 0.3) is 11.2 Å². The van der Waals surface area contributed by atoms with E-state index < -0.39 is 24.5 Å². The van der Waals surface area contributed by atoms with Gasteiger partial charge in [-0.05, 0) is 46.5 Å². The van der Waals surface area contributed by atoms with Gasteiger partial charge in [0.2, 0.25) is 0 Å². The Balaban J connectivity index is 1.58. The van der Waals surface area contributed by atoms with E-state index in [0.29, 0.717) is 29.3 Å². The van der Waals surface area contributed by atoms with Gasteiger partial charge in [0.15, 0.2) is 23.2 Å². The first-order valence-electron chi connectivity index (χ1n) is 8.75. The molecule has 28 heavy (non-hydrogen) atoms. The van der Waals surface area contributed by atoms with E-state index in [2.05, 4.69) is 48.9 Å². The molecule has 1 fully saturated rings. The Hall–Kier alpha value is -1.47. The molecule has 4 rings (SSSR count). The van der Waals surface area contributed by atoms with Crippen LogP contribution in [0.15, 0.2) is 36.9 Å². The fourth-order valence-corrected chi connectivity index (χ4v) is 4.47. The molecule has 0 bridgehead atoms. The van der Waals surface area contributed by atoms with Crippen LogP contribution < -0.4 is 5.32 Å². The Morgan fingerprint density at radius 2 is 2.11 bits per heavy atom. The van der Waals surface area contributed by atoms with Crippen LogP contribution in [0.4, 0.5) is 5.82 Å². The molecule has 0 aliphatic carbocycles. The quantitative estimate of drug-likeness (QED) is 0.431. The van der Waals surface area contributed by atoms with Crippen molar-refractivity contribution in [3.8, 4) is 0 Å². The molecule has 3 heterocycles. The molecular weight excluding hydrogens is 493 g/mol. The Bertz CT molecular complexity index is 971. The van der Waals surface area contributed by atoms with Crippen LogP contribution in [0.3, 0.4) is 0 Å². The van der Waals surface area contributed by atoms with E-state index in [-0.39, 0.29) is 0 Å². The van der Waals surface area contributed by atoms with E-state index in [0.717, 1.165) is 5.56 Å². The highest BCUT2D eigenvalue weighted by Gasteiger charge is 2.44. The van der Waals surface area contributed by atoms with Gasteiger partial charge < -0.3 is 20.3 Å². The number of hydrogen-bond acceptors (Lipinski definition) is 8. The predicted octanol–water partition coefficient (Wildman–Crippen LogP) is 2.03. The van der Waals surface area contributed by atoms with Crippen molar-refractivity contribution in [2.45, 2.75) is 31.1 Å². The monoisotopic (exact) mass is 513 g/mol. The average Bonchev–Trinajstić information content (AvgIpc) is 3.23. The van der Waals surface area contributed by atoms with Crippen molar-refractivity contribution in [3.05, 3.63) is 46.1 Å². The van der Waals surface area contributed by atoms with Crippen molar-refractivity contribution in [2.24, 2.45) is 0 Å². The molecule has 3 N–H and O–H groups in total. The van der Waals surface area contributed by atoms with E-state index >= 15 is 0 Å². The fraction of sp³-hybridized carbons (Fsp3) is 0.389. The molecule has 0 unspecified atom stereocenters. The predicted molar refractivity (Wildman–Crippen MR) is 116 cm³/mol. The third kappa shape index (κ3) is 3.83. The molecule has 1 aromatic carbocycles. The Labute approximate surface area is 179 Å². The molecule has 1 saturated heterocycles. The number of imidazole rings is 1. The van der Waals surface area contributed by atoms with Gasteiger partial charge in [-0.2, -0.15) is 11.8 Å². The van der Waals surface area contributed by atoms with Crippen molar-refractivity contribution >= 4 is 51.3 Å². The summed E-state index contributed by atoms with van der Waals surface area (Å²) < 4.78 is 8.70. The molecule has 148 valence electrons. The summed E-state index contributed by atoms with van der Waals surface area (Å²) in [5.41, 5.74) is 2.27. The number of nitrogens with one attached hydrogen (secondary N) is 1. The van der Waals surface area contributed by atoms with Gasteiger partial charge in [-0.1, -0.05) is 12.1 Å². The number of hydrogen-bond donors (Lipinski definition) is 3. The molecule has 1 aliphatic rings. The summed E-state index contributed by atoms with van der Waals surface area (Å²) in [5, 5.41) is 24.0. The lowest BCUT2D eigenvalue weighted by molar-refractivity contribution is -0.0288. The zero-order chi connectivity index (χ0) is 19.7. The van der Waals surface area contributed by atoms with E-state index in [1.165, 1.54) is 9.90 Å². The number of ether oxygens (including phenoxy) is 1. The minimum Gasteiger partial charge on any atom is -0.387 e. The molecule has 8 nitrogen and oxygen atoms in total. The fourth-order valence-electron chi connectivity index (χ4n) is 3.26. The van der Waals surface area contributed by atoms with E-state index in [1.54, 1.807) is 22.7 Å². The standard InChI is InChI=1S/C18H20IN5O3S/c1-28-7-12-14(25)15(26)18(27-12)24-9-23-13-16(21-8-22-17(13)24)20-6-10-3-2-4-11(19)5-10/h2-5,8-9,12,14-15,18,25-26H,6-7H2,1H3,(H,20,21,22)/t12-,14-,15-,18-/m1/s1. The van der Waals surface area contributed by atoms with Gasteiger partial charge >= 0.3 is 0 Å². The third-order valence-corrected chi connectivity index (χ3v) is 5.98. The lowest BCUT2D eigenvalue weighted by Gasteiger charge is -2.16. The van der Waals surface area contributed by atoms with Crippen molar-refractivity contribution in [2.75, 3.05) is 17.3 Å². The summed E-state index contributed by atoms with van der Waals surface area (Å²) in [7, 11) is 0. The molecule has 2 aromatic heterocycles. The highest BCUT2D eigenvalue weighted by atomic mass is 127. The lowest BCUT2D eigenvalue weighted by atomic mass is 10.1. The number of anilines is 1. The molecule has 4 atom stereocenters. The molecule has 1 aliphatic heterocycles. The number of benzene rings is 1. The second-order valence-corrected chi connectivity index (χ2v) is 8.69. The average molecular weight is 513 g/mol. The van der Waals surface area contributed by atoms with E-state index in [9.17, 15) is 10.2 Å². The molecule has 0 amide bonds. The van der Waals surface area contributed by atoms with Crippen molar-refractivity contribution < 1.29 is 14.9 Å². The van der Waals surface area contributed by atoms with E-state index in [4.69, 9.17) is 4.74 Å². The van der Waals surface area contributed by atoms with Crippen LogP contribution >= 0.6 is 34.4 Å². The number of aliphatic hydroxyl groups is 2. The molecule has 0 radical (unpaired) electrons. The minimum atomic E-state index is -1.05. The van der Waals surface area contributed by atoms with Crippen LogP contribution in [0.1, 0.15) is 11.8 Å². The van der Waals surface area contributed by atoms with Crippen LogP contribution in [0, 0.1) is 3.57 Å². The summed E-state index contributed by atoms with van der Waals surface area (Å²) in [6.07, 6.45) is 1.78. The van der Waals surface area contributed by atoms with E-state index in [1.807, 2.05) is 24.5 Å². The maximum Gasteiger partial charge on any atom is 0.167 e. The Kier molecular flexibility index (Phi) is 6.01. The van der Waals surface area contributed by atoms with Crippen molar-refractivity contribution in [1.82, 2.24) is 19.5 Å². The summed E-state index contributed by atoms with van der Waals surface area (Å²) in [6, 6.07) is 8.20. The topological polar surface area (TPSA) is 105 Å². The van der Waals surface area contributed by atoms with Crippen molar-refractivity contribution in [3.63, 3.8) is 0 Å². The summed E-state index contributed by atoms with van der Waals surface area (Å²) in [5.74, 6) is 1.20. The van der Waals surface area contributed by atoms with Gasteiger partial charge in [0.1, 0.15) is 18.5 Å². The summed E-state index contributed by atoms with van der Waals surface area (Å²) in [4.78, 5) is 13.0. The third-order valence-electron chi connectivity index (χ3n) is 4.65. The maximum absolute atomic E-state index is 10.4. The van der Waals surface area contributed by atoms with Gasteiger partial charge in [-0.3, -0.25) is 4.57 Å². The zero-order valence-corrected chi connectivity index (χ0v) is 18.0. The summed E-state index contributed by atoms with van der Waals surface area (Å²) in [6.45, 7) is 0.604. The molecule has 0 spiro atoms. The molecule has 0 saturated carbocycles.